The topological polar surface area (TPSA) is 58.4 Å². The standard InChI is InChI=1S/C29H25N5OS/c1-2-35-27-19-15-23(16-20-27)28-31-32-29(36)34(28)30-21-22-13-17-26(18-14-22)33(24-9-5-3-6-10-24)25-11-7-4-8-12-25/h3-21H,2H2,1H3,(H,32,36)/b30-21-. The second-order valence-electron chi connectivity index (χ2n) is 7.96. The normalized spacial score (nSPS) is 11.0. The van der Waals surface area contributed by atoms with Crippen LogP contribution in [0.15, 0.2) is 114 Å². The molecule has 0 saturated heterocycles. The minimum absolute atomic E-state index is 0.422. The molecule has 1 N–H and O–H groups in total. The number of para-hydroxylation sites is 2. The Morgan fingerprint density at radius 2 is 1.42 bits per heavy atom. The quantitative estimate of drug-likeness (QED) is 0.182. The molecule has 0 amide bonds. The molecule has 0 fully saturated rings. The van der Waals surface area contributed by atoms with Gasteiger partial charge in [-0.2, -0.15) is 14.9 Å². The van der Waals surface area contributed by atoms with Gasteiger partial charge in [0.1, 0.15) is 5.75 Å². The van der Waals surface area contributed by atoms with Crippen molar-refractivity contribution < 1.29 is 4.74 Å². The van der Waals surface area contributed by atoms with E-state index in [1.807, 2.05) is 79.7 Å². The summed E-state index contributed by atoms with van der Waals surface area (Å²) in [5, 5.41) is 11.8. The summed E-state index contributed by atoms with van der Waals surface area (Å²) in [7, 11) is 0. The van der Waals surface area contributed by atoms with Crippen molar-refractivity contribution in [2.24, 2.45) is 5.10 Å². The van der Waals surface area contributed by atoms with Gasteiger partial charge in [0.15, 0.2) is 5.82 Å². The van der Waals surface area contributed by atoms with Crippen molar-refractivity contribution in [3.63, 3.8) is 0 Å². The van der Waals surface area contributed by atoms with Crippen molar-refractivity contribution in [2.45, 2.75) is 6.92 Å². The van der Waals surface area contributed by atoms with Crippen molar-refractivity contribution >= 4 is 35.5 Å². The van der Waals surface area contributed by atoms with Gasteiger partial charge < -0.3 is 9.64 Å². The van der Waals surface area contributed by atoms with E-state index in [1.165, 1.54) is 0 Å². The summed E-state index contributed by atoms with van der Waals surface area (Å²) in [6.07, 6.45) is 1.78. The Balaban J connectivity index is 1.41. The Hall–Kier alpha value is -4.49. The molecular weight excluding hydrogens is 466 g/mol. The second-order valence-corrected chi connectivity index (χ2v) is 8.35. The third-order valence-electron chi connectivity index (χ3n) is 5.58. The van der Waals surface area contributed by atoms with E-state index in [2.05, 4.69) is 56.6 Å². The minimum Gasteiger partial charge on any atom is -0.494 e. The van der Waals surface area contributed by atoms with Crippen LogP contribution in [-0.2, 0) is 0 Å². The molecule has 7 heteroatoms. The molecule has 0 saturated carbocycles. The monoisotopic (exact) mass is 491 g/mol. The smallest absolute Gasteiger partial charge is 0.216 e. The highest BCUT2D eigenvalue weighted by Gasteiger charge is 2.12. The summed E-state index contributed by atoms with van der Waals surface area (Å²) < 4.78 is 7.58. The van der Waals surface area contributed by atoms with Crippen molar-refractivity contribution in [3.05, 3.63) is 120 Å². The molecule has 0 radical (unpaired) electrons. The maximum Gasteiger partial charge on any atom is 0.216 e. The summed E-state index contributed by atoms with van der Waals surface area (Å²) in [5.74, 6) is 1.45. The molecule has 1 heterocycles. The van der Waals surface area contributed by atoms with Gasteiger partial charge in [-0.05, 0) is 85.4 Å². The van der Waals surface area contributed by atoms with Crippen LogP contribution in [0.3, 0.4) is 0 Å². The lowest BCUT2D eigenvalue weighted by Crippen LogP contribution is -2.09. The van der Waals surface area contributed by atoms with E-state index in [1.54, 1.807) is 10.9 Å². The van der Waals surface area contributed by atoms with Crippen LogP contribution in [0, 0.1) is 4.77 Å². The van der Waals surface area contributed by atoms with E-state index in [-0.39, 0.29) is 0 Å². The molecule has 5 aromatic rings. The Kier molecular flexibility index (Phi) is 7.00. The van der Waals surface area contributed by atoms with Crippen molar-refractivity contribution in [1.82, 2.24) is 14.9 Å². The number of aromatic amines is 1. The number of hydrogen-bond acceptors (Lipinski definition) is 5. The lowest BCUT2D eigenvalue weighted by atomic mass is 10.1. The number of benzene rings is 4. The Labute approximate surface area is 215 Å². The molecule has 0 aliphatic heterocycles. The number of hydrogen-bond donors (Lipinski definition) is 1. The highest BCUT2D eigenvalue weighted by Crippen LogP contribution is 2.34. The Morgan fingerprint density at radius 3 is 2.00 bits per heavy atom. The predicted octanol–water partition coefficient (Wildman–Crippen LogP) is 7.36. The summed E-state index contributed by atoms with van der Waals surface area (Å²) in [6.45, 7) is 2.58. The first kappa shape index (κ1) is 23.3. The summed E-state index contributed by atoms with van der Waals surface area (Å²) >= 11 is 5.42. The van der Waals surface area contributed by atoms with Gasteiger partial charge in [-0.3, -0.25) is 0 Å². The van der Waals surface area contributed by atoms with Crippen molar-refractivity contribution in [3.8, 4) is 17.1 Å². The first-order chi connectivity index (χ1) is 17.7. The number of H-pyrrole nitrogens is 1. The first-order valence-corrected chi connectivity index (χ1v) is 12.1. The first-order valence-electron chi connectivity index (χ1n) is 11.7. The maximum atomic E-state index is 5.53. The molecule has 0 bridgehead atoms. The van der Waals surface area contributed by atoms with Gasteiger partial charge in [0.25, 0.3) is 0 Å². The third-order valence-corrected chi connectivity index (χ3v) is 5.84. The highest BCUT2D eigenvalue weighted by molar-refractivity contribution is 7.71. The van der Waals surface area contributed by atoms with Gasteiger partial charge >= 0.3 is 0 Å². The summed E-state index contributed by atoms with van der Waals surface area (Å²) in [6, 6.07) is 36.6. The average Bonchev–Trinajstić information content (AvgIpc) is 3.30. The van der Waals surface area contributed by atoms with Crippen LogP contribution < -0.4 is 9.64 Å². The summed E-state index contributed by atoms with van der Waals surface area (Å²) in [4.78, 5) is 2.22. The largest absolute Gasteiger partial charge is 0.494 e. The fourth-order valence-electron chi connectivity index (χ4n) is 3.89. The Bertz CT molecular complexity index is 1450. The van der Waals surface area contributed by atoms with Gasteiger partial charge in [0, 0.05) is 22.6 Å². The zero-order valence-corrected chi connectivity index (χ0v) is 20.6. The van der Waals surface area contributed by atoms with Gasteiger partial charge in [-0.1, -0.05) is 48.5 Å². The third kappa shape index (κ3) is 5.11. The van der Waals surface area contributed by atoms with Crippen LogP contribution in [-0.4, -0.2) is 27.7 Å². The zero-order chi connectivity index (χ0) is 24.7. The van der Waals surface area contributed by atoms with Crippen LogP contribution in [0.4, 0.5) is 17.1 Å². The lowest BCUT2D eigenvalue weighted by molar-refractivity contribution is 0.340. The van der Waals surface area contributed by atoms with E-state index in [0.29, 0.717) is 17.2 Å². The predicted molar refractivity (Wildman–Crippen MR) is 148 cm³/mol. The second kappa shape index (κ2) is 10.8. The Morgan fingerprint density at radius 1 is 0.833 bits per heavy atom. The summed E-state index contributed by atoms with van der Waals surface area (Å²) in [5.41, 5.74) is 5.07. The number of nitrogens with one attached hydrogen (secondary N) is 1. The maximum absolute atomic E-state index is 5.53. The van der Waals surface area contributed by atoms with Gasteiger partial charge in [0.05, 0.1) is 12.8 Å². The van der Waals surface area contributed by atoms with E-state index in [9.17, 15) is 0 Å². The molecule has 0 atom stereocenters. The number of nitrogens with zero attached hydrogens (tertiary/aromatic N) is 4. The molecule has 36 heavy (non-hydrogen) atoms. The lowest BCUT2D eigenvalue weighted by Gasteiger charge is -2.25. The van der Waals surface area contributed by atoms with Gasteiger partial charge in [-0.15, -0.1) is 0 Å². The van der Waals surface area contributed by atoms with Gasteiger partial charge in [-0.25, -0.2) is 5.10 Å². The van der Waals surface area contributed by atoms with E-state index >= 15 is 0 Å². The van der Waals surface area contributed by atoms with Gasteiger partial charge in [0.2, 0.25) is 4.77 Å². The molecule has 6 nitrogen and oxygen atoms in total. The molecule has 0 unspecified atom stereocenters. The fourth-order valence-corrected chi connectivity index (χ4v) is 4.07. The van der Waals surface area contributed by atoms with Crippen LogP contribution >= 0.6 is 12.2 Å². The van der Waals surface area contributed by atoms with Crippen molar-refractivity contribution in [2.75, 3.05) is 11.5 Å². The zero-order valence-electron chi connectivity index (χ0n) is 19.8. The molecule has 1 aromatic heterocycles. The molecule has 0 aliphatic carbocycles. The molecule has 5 rings (SSSR count). The molecule has 0 spiro atoms. The van der Waals surface area contributed by atoms with Crippen LogP contribution in [0.25, 0.3) is 11.4 Å². The minimum atomic E-state index is 0.422. The number of anilines is 3. The van der Waals surface area contributed by atoms with Crippen LogP contribution in [0.1, 0.15) is 12.5 Å². The number of ether oxygens (including phenoxy) is 1. The van der Waals surface area contributed by atoms with E-state index in [4.69, 9.17) is 17.0 Å². The van der Waals surface area contributed by atoms with Crippen LogP contribution in [0.5, 0.6) is 5.75 Å². The fraction of sp³-hybridized carbons (Fsp3) is 0.0690. The van der Waals surface area contributed by atoms with Crippen LogP contribution in [0.2, 0.25) is 0 Å². The molecular formula is C29H25N5OS. The van der Waals surface area contributed by atoms with E-state index in [0.717, 1.165) is 33.9 Å². The molecule has 178 valence electrons. The van der Waals surface area contributed by atoms with Crippen molar-refractivity contribution in [1.29, 1.82) is 0 Å². The SMILES string of the molecule is CCOc1ccc(-c2n[nH]c(=S)n2/N=C\c2ccc(N(c3ccccc3)c3ccccc3)cc2)cc1. The number of rotatable bonds is 8. The average molecular weight is 492 g/mol. The highest BCUT2D eigenvalue weighted by atomic mass is 32.1. The molecule has 4 aromatic carbocycles. The number of aromatic nitrogens is 3. The van der Waals surface area contributed by atoms with E-state index < -0.39 is 0 Å². The molecule has 0 aliphatic rings.